The molecule has 1 amide bonds. The molecule has 0 N–H and O–H groups in total. The number of pyridine rings is 2. The van der Waals surface area contributed by atoms with Crippen LogP contribution in [0, 0.1) is 12.8 Å². The van der Waals surface area contributed by atoms with Gasteiger partial charge in [0.05, 0.1) is 29.4 Å². The lowest BCUT2D eigenvalue weighted by atomic mass is 9.98. The van der Waals surface area contributed by atoms with Crippen molar-refractivity contribution in [2.24, 2.45) is 5.92 Å². The van der Waals surface area contributed by atoms with Crippen molar-refractivity contribution in [3.05, 3.63) is 66.0 Å². The van der Waals surface area contributed by atoms with Crippen LogP contribution in [0.1, 0.15) is 35.8 Å². The standard InChI is InChI=1S/C26H27N5O2/c1-17-7-6-14-30(16-17)26(32)21-15-22(19-9-11-20(33-3)12-10-19)28-25-24(21)18(2)29-31(25)23-8-4-5-13-27-23/h4-5,8-13,15,17H,6-7,14,16H2,1-3H3. The first-order chi connectivity index (χ1) is 16.0. The number of amides is 1. The second kappa shape index (κ2) is 8.65. The van der Waals surface area contributed by atoms with Gasteiger partial charge in [0, 0.05) is 24.8 Å². The Morgan fingerprint density at radius 1 is 1.15 bits per heavy atom. The highest BCUT2D eigenvalue weighted by molar-refractivity contribution is 6.07. The third kappa shape index (κ3) is 3.95. The largest absolute Gasteiger partial charge is 0.497 e. The predicted molar refractivity (Wildman–Crippen MR) is 128 cm³/mol. The first-order valence-electron chi connectivity index (χ1n) is 11.3. The Labute approximate surface area is 193 Å². The molecular formula is C26H27N5O2. The van der Waals surface area contributed by atoms with E-state index in [9.17, 15) is 4.79 Å². The number of carbonyl (C=O) groups is 1. The maximum absolute atomic E-state index is 13.8. The molecule has 1 atom stereocenters. The maximum Gasteiger partial charge on any atom is 0.254 e. The second-order valence-corrected chi connectivity index (χ2v) is 8.67. The van der Waals surface area contributed by atoms with Crippen LogP contribution < -0.4 is 4.74 Å². The van der Waals surface area contributed by atoms with Crippen LogP contribution in [0.2, 0.25) is 0 Å². The molecule has 1 fully saturated rings. The Morgan fingerprint density at radius 2 is 1.97 bits per heavy atom. The summed E-state index contributed by atoms with van der Waals surface area (Å²) in [6.45, 7) is 5.67. The Balaban J connectivity index is 1.71. The van der Waals surface area contributed by atoms with Crippen LogP contribution in [-0.2, 0) is 0 Å². The van der Waals surface area contributed by atoms with Crippen molar-refractivity contribution in [1.29, 1.82) is 0 Å². The number of nitrogens with zero attached hydrogens (tertiary/aromatic N) is 5. The highest BCUT2D eigenvalue weighted by Gasteiger charge is 2.27. The minimum absolute atomic E-state index is 0.0346. The number of aromatic nitrogens is 4. The molecule has 0 spiro atoms. The van der Waals surface area contributed by atoms with Crippen molar-refractivity contribution in [3.8, 4) is 22.8 Å². The fraction of sp³-hybridized carbons (Fsp3) is 0.308. The Kier molecular flexibility index (Phi) is 5.54. The number of ether oxygens (including phenoxy) is 1. The summed E-state index contributed by atoms with van der Waals surface area (Å²) in [7, 11) is 1.64. The van der Waals surface area contributed by atoms with Crippen LogP contribution in [0.4, 0.5) is 0 Å². The zero-order chi connectivity index (χ0) is 22.9. The van der Waals surface area contributed by atoms with Gasteiger partial charge in [-0.3, -0.25) is 4.79 Å². The van der Waals surface area contributed by atoms with Gasteiger partial charge in [-0.25, -0.2) is 9.97 Å². The molecular weight excluding hydrogens is 414 g/mol. The van der Waals surface area contributed by atoms with E-state index in [4.69, 9.17) is 14.8 Å². The van der Waals surface area contributed by atoms with Gasteiger partial charge in [-0.1, -0.05) is 13.0 Å². The van der Waals surface area contributed by atoms with E-state index in [1.165, 1.54) is 0 Å². The number of piperidine rings is 1. The molecule has 4 aromatic rings. The van der Waals surface area contributed by atoms with Gasteiger partial charge in [-0.2, -0.15) is 9.78 Å². The van der Waals surface area contributed by atoms with Crippen molar-refractivity contribution in [3.63, 3.8) is 0 Å². The van der Waals surface area contributed by atoms with Crippen LogP contribution in [0.25, 0.3) is 28.1 Å². The van der Waals surface area contributed by atoms with Crippen LogP contribution in [-0.4, -0.2) is 50.8 Å². The zero-order valence-electron chi connectivity index (χ0n) is 19.2. The molecule has 1 aliphatic rings. The van der Waals surface area contributed by atoms with E-state index in [2.05, 4.69) is 11.9 Å². The van der Waals surface area contributed by atoms with E-state index in [-0.39, 0.29) is 5.91 Å². The molecule has 1 aliphatic heterocycles. The van der Waals surface area contributed by atoms with Gasteiger partial charge in [0.15, 0.2) is 11.5 Å². The van der Waals surface area contributed by atoms with Crippen molar-refractivity contribution in [1.82, 2.24) is 24.6 Å². The van der Waals surface area contributed by atoms with Gasteiger partial charge in [-0.15, -0.1) is 0 Å². The highest BCUT2D eigenvalue weighted by atomic mass is 16.5. The van der Waals surface area contributed by atoms with Crippen molar-refractivity contribution < 1.29 is 9.53 Å². The van der Waals surface area contributed by atoms with Gasteiger partial charge < -0.3 is 9.64 Å². The summed E-state index contributed by atoms with van der Waals surface area (Å²) in [5.74, 6) is 1.97. The molecule has 168 valence electrons. The summed E-state index contributed by atoms with van der Waals surface area (Å²) < 4.78 is 7.03. The molecule has 0 radical (unpaired) electrons. The molecule has 0 saturated carbocycles. The minimum atomic E-state index is 0.0346. The lowest BCUT2D eigenvalue weighted by molar-refractivity contribution is 0.0685. The van der Waals surface area contributed by atoms with Gasteiger partial charge in [-0.05, 0) is 68.1 Å². The van der Waals surface area contributed by atoms with Gasteiger partial charge in [0.25, 0.3) is 5.91 Å². The lowest BCUT2D eigenvalue weighted by Gasteiger charge is -2.31. The molecule has 7 heteroatoms. The average Bonchev–Trinajstić information content (AvgIpc) is 3.20. The molecule has 33 heavy (non-hydrogen) atoms. The molecule has 7 nitrogen and oxygen atoms in total. The van der Waals surface area contributed by atoms with Crippen molar-refractivity contribution >= 4 is 16.9 Å². The van der Waals surface area contributed by atoms with Crippen LogP contribution in [0.3, 0.4) is 0 Å². The third-order valence-corrected chi connectivity index (χ3v) is 6.24. The summed E-state index contributed by atoms with van der Waals surface area (Å²) in [6, 6.07) is 15.3. The normalized spacial score (nSPS) is 16.2. The summed E-state index contributed by atoms with van der Waals surface area (Å²) in [6.07, 6.45) is 3.91. The summed E-state index contributed by atoms with van der Waals surface area (Å²) in [4.78, 5) is 25.1. The third-order valence-electron chi connectivity index (χ3n) is 6.24. The molecule has 0 bridgehead atoms. The fourth-order valence-corrected chi connectivity index (χ4v) is 4.55. The molecule has 3 aromatic heterocycles. The Bertz CT molecular complexity index is 1300. The van der Waals surface area contributed by atoms with E-state index in [1.807, 2.05) is 60.4 Å². The van der Waals surface area contributed by atoms with Gasteiger partial charge in [0.1, 0.15) is 5.75 Å². The molecule has 5 rings (SSSR count). The summed E-state index contributed by atoms with van der Waals surface area (Å²) in [5, 5.41) is 5.51. The molecule has 1 aromatic carbocycles. The smallest absolute Gasteiger partial charge is 0.254 e. The monoisotopic (exact) mass is 441 g/mol. The fourth-order valence-electron chi connectivity index (χ4n) is 4.55. The SMILES string of the molecule is COc1ccc(-c2cc(C(=O)N3CCCC(C)C3)c3c(C)nn(-c4ccccn4)c3n2)cc1. The van der Waals surface area contributed by atoms with Crippen LogP contribution in [0.15, 0.2) is 54.7 Å². The molecule has 1 saturated heterocycles. The number of hydrogen-bond donors (Lipinski definition) is 0. The quantitative estimate of drug-likeness (QED) is 0.460. The first-order valence-corrected chi connectivity index (χ1v) is 11.3. The van der Waals surface area contributed by atoms with E-state index in [0.717, 1.165) is 54.0 Å². The number of benzene rings is 1. The first kappa shape index (κ1) is 21.1. The maximum atomic E-state index is 13.8. The van der Waals surface area contributed by atoms with Gasteiger partial charge in [0.2, 0.25) is 0 Å². The van der Waals surface area contributed by atoms with E-state index >= 15 is 0 Å². The number of hydrogen-bond acceptors (Lipinski definition) is 5. The van der Waals surface area contributed by atoms with E-state index in [1.54, 1.807) is 18.0 Å². The summed E-state index contributed by atoms with van der Waals surface area (Å²) >= 11 is 0. The number of carbonyl (C=O) groups excluding carboxylic acids is 1. The molecule has 0 aliphatic carbocycles. The molecule has 4 heterocycles. The number of rotatable bonds is 4. The van der Waals surface area contributed by atoms with Gasteiger partial charge >= 0.3 is 0 Å². The zero-order valence-corrected chi connectivity index (χ0v) is 19.2. The second-order valence-electron chi connectivity index (χ2n) is 8.67. The average molecular weight is 442 g/mol. The number of aryl methyl sites for hydroxylation is 1. The number of fused-ring (bicyclic) bond motifs is 1. The number of likely N-dealkylation sites (tertiary alicyclic amines) is 1. The predicted octanol–water partition coefficient (Wildman–Crippen LogP) is 4.67. The Morgan fingerprint density at radius 3 is 2.67 bits per heavy atom. The molecule has 1 unspecified atom stereocenters. The van der Waals surface area contributed by atoms with Crippen LogP contribution >= 0.6 is 0 Å². The topological polar surface area (TPSA) is 73.1 Å². The lowest BCUT2D eigenvalue weighted by Crippen LogP contribution is -2.39. The van der Waals surface area contributed by atoms with E-state index in [0.29, 0.717) is 22.9 Å². The Hall–Kier alpha value is -3.74. The summed E-state index contributed by atoms with van der Waals surface area (Å²) in [5.41, 5.74) is 3.66. The van der Waals surface area contributed by atoms with Crippen molar-refractivity contribution in [2.75, 3.05) is 20.2 Å². The highest BCUT2D eigenvalue weighted by Crippen LogP contribution is 2.31. The minimum Gasteiger partial charge on any atom is -0.497 e. The van der Waals surface area contributed by atoms with Crippen molar-refractivity contribution in [2.45, 2.75) is 26.7 Å². The van der Waals surface area contributed by atoms with Crippen LogP contribution in [0.5, 0.6) is 5.75 Å². The number of methoxy groups -OCH3 is 1. The van der Waals surface area contributed by atoms with E-state index < -0.39 is 0 Å².